The van der Waals surface area contributed by atoms with E-state index in [2.05, 4.69) is 15.9 Å². The van der Waals surface area contributed by atoms with Gasteiger partial charge in [0.15, 0.2) is 11.5 Å². The van der Waals surface area contributed by atoms with Gasteiger partial charge in [-0.05, 0) is 23.8 Å². The Morgan fingerprint density at radius 3 is 2.91 bits per heavy atom. The summed E-state index contributed by atoms with van der Waals surface area (Å²) >= 11 is 10.0. The normalized spacial score (nSPS) is 18.6. The maximum atomic E-state index is 12.4. The van der Waals surface area contributed by atoms with Crippen molar-refractivity contribution in [1.82, 2.24) is 4.90 Å². The van der Waals surface area contributed by atoms with Gasteiger partial charge in [-0.25, -0.2) is 0 Å². The third-order valence-corrected chi connectivity index (χ3v) is 5.24. The van der Waals surface area contributed by atoms with Crippen LogP contribution in [0.15, 0.2) is 21.5 Å². The minimum absolute atomic E-state index is 0.100. The van der Waals surface area contributed by atoms with Crippen LogP contribution in [-0.2, 0) is 9.53 Å². The molecule has 1 saturated heterocycles. The predicted molar refractivity (Wildman–Crippen MR) is 92.0 cm³/mol. The van der Waals surface area contributed by atoms with E-state index in [0.717, 1.165) is 10.0 Å². The largest absolute Gasteiger partial charge is 0.454 e. The van der Waals surface area contributed by atoms with Crippen LogP contribution in [0.5, 0.6) is 11.5 Å². The summed E-state index contributed by atoms with van der Waals surface area (Å²) in [4.78, 5) is 14.5. The van der Waals surface area contributed by atoms with E-state index in [1.165, 1.54) is 11.8 Å². The van der Waals surface area contributed by atoms with E-state index in [9.17, 15) is 4.79 Å². The first-order valence-electron chi connectivity index (χ1n) is 6.43. The highest BCUT2D eigenvalue weighted by Crippen LogP contribution is 2.39. The van der Waals surface area contributed by atoms with Crippen molar-refractivity contribution in [1.29, 1.82) is 0 Å². The van der Waals surface area contributed by atoms with Gasteiger partial charge in [0.2, 0.25) is 6.79 Å². The van der Waals surface area contributed by atoms with Crippen LogP contribution in [0.25, 0.3) is 6.08 Å². The molecule has 2 heterocycles. The van der Waals surface area contributed by atoms with Gasteiger partial charge >= 0.3 is 0 Å². The quantitative estimate of drug-likeness (QED) is 0.570. The monoisotopic (exact) mass is 401 g/mol. The smallest absolute Gasteiger partial charge is 0.266 e. The van der Waals surface area contributed by atoms with Crippen LogP contribution >= 0.6 is 39.9 Å². The van der Waals surface area contributed by atoms with Gasteiger partial charge in [0, 0.05) is 11.6 Å². The van der Waals surface area contributed by atoms with Gasteiger partial charge < -0.3 is 14.2 Å². The van der Waals surface area contributed by atoms with Crippen LogP contribution in [0.2, 0.25) is 0 Å². The molecule has 3 rings (SSSR count). The number of thiocarbonyl (C=S) groups is 1. The highest BCUT2D eigenvalue weighted by Gasteiger charge is 2.31. The number of methoxy groups -OCH3 is 1. The fraction of sp³-hybridized carbons (Fsp3) is 0.286. The first kappa shape index (κ1) is 15.8. The summed E-state index contributed by atoms with van der Waals surface area (Å²) in [6.45, 7) is 1.12. The van der Waals surface area contributed by atoms with Crippen molar-refractivity contribution in [2.75, 3.05) is 27.1 Å². The van der Waals surface area contributed by atoms with E-state index >= 15 is 0 Å². The van der Waals surface area contributed by atoms with Crippen molar-refractivity contribution < 1.29 is 19.0 Å². The second kappa shape index (κ2) is 6.57. The van der Waals surface area contributed by atoms with E-state index in [4.69, 9.17) is 26.4 Å². The minimum atomic E-state index is -0.100. The van der Waals surface area contributed by atoms with E-state index < -0.39 is 0 Å². The number of ether oxygens (including phenoxy) is 3. The summed E-state index contributed by atoms with van der Waals surface area (Å²) in [7, 11) is 1.59. The Morgan fingerprint density at radius 2 is 2.18 bits per heavy atom. The number of hydrogen-bond donors (Lipinski definition) is 0. The highest BCUT2D eigenvalue weighted by molar-refractivity contribution is 9.10. The lowest BCUT2D eigenvalue weighted by atomic mass is 10.2. The maximum Gasteiger partial charge on any atom is 0.266 e. The zero-order chi connectivity index (χ0) is 15.7. The SMILES string of the molecule is COCCN1C(=O)C(=Cc2cc3c(cc2Br)OCO3)SC1=S. The number of carbonyl (C=O) groups excluding carboxylic acids is 1. The van der Waals surface area contributed by atoms with E-state index in [1.807, 2.05) is 12.1 Å². The molecule has 0 bridgehead atoms. The Balaban J connectivity index is 1.87. The van der Waals surface area contributed by atoms with Crippen molar-refractivity contribution in [3.8, 4) is 11.5 Å². The molecule has 0 aromatic heterocycles. The zero-order valence-electron chi connectivity index (χ0n) is 11.6. The molecule has 1 amide bonds. The number of thioether (sulfide) groups is 1. The summed E-state index contributed by atoms with van der Waals surface area (Å²) in [5.41, 5.74) is 0.844. The Morgan fingerprint density at radius 1 is 1.45 bits per heavy atom. The van der Waals surface area contributed by atoms with Gasteiger partial charge in [0.05, 0.1) is 18.1 Å². The summed E-state index contributed by atoms with van der Waals surface area (Å²) in [5.74, 6) is 1.26. The second-order valence-corrected chi connectivity index (χ2v) is 7.08. The Kier molecular flexibility index (Phi) is 4.72. The number of rotatable bonds is 4. The molecule has 0 saturated carbocycles. The third-order valence-electron chi connectivity index (χ3n) is 3.17. The fourth-order valence-corrected chi connectivity index (χ4v) is 3.80. The van der Waals surface area contributed by atoms with Crippen molar-refractivity contribution in [3.63, 3.8) is 0 Å². The van der Waals surface area contributed by atoms with Crippen molar-refractivity contribution in [2.45, 2.75) is 0 Å². The lowest BCUT2D eigenvalue weighted by Gasteiger charge is -2.12. The van der Waals surface area contributed by atoms with Gasteiger partial charge in [-0.15, -0.1) is 0 Å². The number of fused-ring (bicyclic) bond motifs is 1. The molecule has 0 N–H and O–H groups in total. The molecular weight excluding hydrogens is 390 g/mol. The number of carbonyl (C=O) groups is 1. The summed E-state index contributed by atoms with van der Waals surface area (Å²) in [6.07, 6.45) is 1.80. The molecule has 2 aliphatic heterocycles. The van der Waals surface area contributed by atoms with Crippen LogP contribution < -0.4 is 9.47 Å². The Labute approximate surface area is 145 Å². The molecule has 1 aromatic carbocycles. The number of amides is 1. The Hall–Kier alpha value is -1.09. The molecular formula is C14H12BrNO4S2. The molecule has 0 spiro atoms. The van der Waals surface area contributed by atoms with Crippen LogP contribution in [0.1, 0.15) is 5.56 Å². The van der Waals surface area contributed by atoms with E-state index in [1.54, 1.807) is 18.1 Å². The molecule has 0 aliphatic carbocycles. The molecule has 0 unspecified atom stereocenters. The molecule has 0 radical (unpaired) electrons. The number of nitrogens with zero attached hydrogens (tertiary/aromatic N) is 1. The molecule has 8 heteroatoms. The van der Waals surface area contributed by atoms with Crippen LogP contribution in [0.3, 0.4) is 0 Å². The zero-order valence-corrected chi connectivity index (χ0v) is 14.8. The second-order valence-electron chi connectivity index (χ2n) is 4.55. The van der Waals surface area contributed by atoms with Crippen LogP contribution in [-0.4, -0.2) is 42.2 Å². The first-order chi connectivity index (χ1) is 10.6. The van der Waals surface area contributed by atoms with Crippen molar-refractivity contribution >= 4 is 56.2 Å². The highest BCUT2D eigenvalue weighted by atomic mass is 79.9. The summed E-state index contributed by atoms with van der Waals surface area (Å²) in [6, 6.07) is 3.67. The summed E-state index contributed by atoms with van der Waals surface area (Å²) in [5, 5.41) is 0. The van der Waals surface area contributed by atoms with Crippen molar-refractivity contribution in [2.24, 2.45) is 0 Å². The van der Waals surface area contributed by atoms with Gasteiger partial charge in [0.1, 0.15) is 4.32 Å². The molecule has 0 atom stereocenters. The molecule has 2 aliphatic rings. The van der Waals surface area contributed by atoms with E-state index in [-0.39, 0.29) is 12.7 Å². The molecule has 5 nitrogen and oxygen atoms in total. The third kappa shape index (κ3) is 3.01. The molecule has 22 heavy (non-hydrogen) atoms. The minimum Gasteiger partial charge on any atom is -0.454 e. The summed E-state index contributed by atoms with van der Waals surface area (Å²) < 4.78 is 17.1. The lowest BCUT2D eigenvalue weighted by Crippen LogP contribution is -2.31. The predicted octanol–water partition coefficient (Wildman–Crippen LogP) is 3.03. The van der Waals surface area contributed by atoms with Gasteiger partial charge in [-0.1, -0.05) is 39.9 Å². The number of benzene rings is 1. The van der Waals surface area contributed by atoms with Gasteiger partial charge in [-0.2, -0.15) is 0 Å². The topological polar surface area (TPSA) is 48.0 Å². The van der Waals surface area contributed by atoms with Crippen molar-refractivity contribution in [3.05, 3.63) is 27.1 Å². The average molecular weight is 402 g/mol. The molecule has 1 aromatic rings. The maximum absolute atomic E-state index is 12.4. The van der Waals surface area contributed by atoms with Gasteiger partial charge in [-0.3, -0.25) is 9.69 Å². The van der Waals surface area contributed by atoms with Gasteiger partial charge in [0.25, 0.3) is 5.91 Å². The van der Waals surface area contributed by atoms with Crippen LogP contribution in [0, 0.1) is 0 Å². The lowest BCUT2D eigenvalue weighted by molar-refractivity contribution is -0.122. The first-order valence-corrected chi connectivity index (χ1v) is 8.45. The molecule has 116 valence electrons. The van der Waals surface area contributed by atoms with Crippen LogP contribution in [0.4, 0.5) is 0 Å². The Bertz CT molecular complexity index is 677. The molecule has 1 fully saturated rings. The van der Waals surface area contributed by atoms with E-state index in [0.29, 0.717) is 33.9 Å². The fourth-order valence-electron chi connectivity index (χ4n) is 2.06. The standard InChI is InChI=1S/C14H12BrNO4S2/c1-18-3-2-16-13(17)12(22-14(16)21)5-8-4-10-11(6-9(8)15)20-7-19-10/h4-6H,2-3,7H2,1H3. The number of hydrogen-bond acceptors (Lipinski definition) is 6. The average Bonchev–Trinajstić information content (AvgIpc) is 3.03. The number of halogens is 1.